The molecule has 0 aliphatic rings. The van der Waals surface area contributed by atoms with Crippen LogP contribution in [0.2, 0.25) is 0 Å². The first kappa shape index (κ1) is 24.2. The Morgan fingerprint density at radius 2 is 1.48 bits per heavy atom. The lowest BCUT2D eigenvalue weighted by molar-refractivity contribution is 0.322. The third-order valence-electron chi connectivity index (χ3n) is 6.13. The molecule has 2 atom stereocenters. The monoisotopic (exact) mass is 346 g/mol. The molecule has 0 bridgehead atoms. The Balaban J connectivity index is 4.12. The molecular weight excluding hydrogens is 300 g/mol. The van der Waals surface area contributed by atoms with E-state index in [1.165, 1.54) is 49.7 Å². The van der Waals surface area contributed by atoms with Crippen molar-refractivity contribution in [3.63, 3.8) is 0 Å². The van der Waals surface area contributed by atoms with Gasteiger partial charge in [0.1, 0.15) is 0 Å². The molecule has 0 fully saturated rings. The minimum absolute atomic E-state index is 0.477. The molecule has 2 unspecified atom stereocenters. The van der Waals surface area contributed by atoms with Gasteiger partial charge in [-0.25, -0.2) is 0 Å². The minimum atomic E-state index is 0.477. The SMILES string of the molecule is C=C(CCC(C)C(=C)CC/C=C(\C)CCC(C)(C)CC)C(C)CCC. The zero-order valence-electron chi connectivity index (χ0n) is 18.5. The molecule has 0 spiro atoms. The normalized spacial score (nSPS) is 15.1. The zero-order valence-corrected chi connectivity index (χ0v) is 18.5. The van der Waals surface area contributed by atoms with Crippen LogP contribution in [0.5, 0.6) is 0 Å². The molecule has 0 aromatic rings. The molecule has 25 heavy (non-hydrogen) atoms. The van der Waals surface area contributed by atoms with Crippen molar-refractivity contribution in [1.82, 2.24) is 0 Å². The Hall–Kier alpha value is -0.780. The van der Waals surface area contributed by atoms with Crippen LogP contribution in [-0.2, 0) is 0 Å². The molecule has 0 saturated heterocycles. The molecule has 0 rings (SSSR count). The number of allylic oxidation sites excluding steroid dienone is 4. The molecule has 0 aromatic carbocycles. The summed E-state index contributed by atoms with van der Waals surface area (Å²) in [7, 11) is 0. The summed E-state index contributed by atoms with van der Waals surface area (Å²) in [6.07, 6.45) is 13.4. The first-order valence-electron chi connectivity index (χ1n) is 10.6. The molecule has 146 valence electrons. The summed E-state index contributed by atoms with van der Waals surface area (Å²) < 4.78 is 0. The van der Waals surface area contributed by atoms with Crippen molar-refractivity contribution in [1.29, 1.82) is 0 Å². The topological polar surface area (TPSA) is 0 Å². The van der Waals surface area contributed by atoms with Crippen LogP contribution in [0, 0.1) is 17.3 Å². The second kappa shape index (κ2) is 12.6. The van der Waals surface area contributed by atoms with E-state index in [4.69, 9.17) is 0 Å². The van der Waals surface area contributed by atoms with E-state index in [0.717, 1.165) is 19.3 Å². The predicted octanol–water partition coefficient (Wildman–Crippen LogP) is 8.89. The average Bonchev–Trinajstić information content (AvgIpc) is 2.57. The minimum Gasteiger partial charge on any atom is -0.0996 e. The Kier molecular flexibility index (Phi) is 12.2. The second-order valence-corrected chi connectivity index (χ2v) is 9.05. The summed E-state index contributed by atoms with van der Waals surface area (Å²) in [5, 5.41) is 0. The Morgan fingerprint density at radius 3 is 2.04 bits per heavy atom. The lowest BCUT2D eigenvalue weighted by atomic mass is 9.84. The quantitative estimate of drug-likeness (QED) is 0.275. The van der Waals surface area contributed by atoms with E-state index < -0.39 is 0 Å². The summed E-state index contributed by atoms with van der Waals surface area (Å²) in [4.78, 5) is 0. The molecule has 0 saturated carbocycles. The van der Waals surface area contributed by atoms with Crippen molar-refractivity contribution < 1.29 is 0 Å². The summed E-state index contributed by atoms with van der Waals surface area (Å²) in [5.41, 5.74) is 4.86. The van der Waals surface area contributed by atoms with Crippen molar-refractivity contribution in [3.05, 3.63) is 36.0 Å². The Morgan fingerprint density at radius 1 is 0.920 bits per heavy atom. The molecule has 0 aromatic heterocycles. The van der Waals surface area contributed by atoms with Crippen molar-refractivity contribution in [2.45, 2.75) is 106 Å². The van der Waals surface area contributed by atoms with Gasteiger partial charge in [-0.15, -0.1) is 0 Å². The standard InChI is InChI=1S/C25H46/c1-10-13-21(4)23(6)16-17-24(7)22(5)15-12-14-20(3)18-19-25(8,9)11-2/h14,21,24H,5-6,10-13,15-19H2,1-4,7-9H3/b20-14+. The maximum absolute atomic E-state index is 4.35. The number of hydrogen-bond acceptors (Lipinski definition) is 0. The smallest absolute Gasteiger partial charge is 0.0231 e. The molecule has 0 nitrogen and oxygen atoms in total. The molecule has 0 amide bonds. The van der Waals surface area contributed by atoms with Gasteiger partial charge in [0.05, 0.1) is 0 Å². The first-order chi connectivity index (χ1) is 11.6. The van der Waals surface area contributed by atoms with Gasteiger partial charge in [0.2, 0.25) is 0 Å². The van der Waals surface area contributed by atoms with Crippen LogP contribution in [0.1, 0.15) is 106 Å². The Bertz CT molecular complexity index is 421. The van der Waals surface area contributed by atoms with Gasteiger partial charge in [-0.2, -0.15) is 0 Å². The van der Waals surface area contributed by atoms with Crippen LogP contribution in [0.4, 0.5) is 0 Å². The lowest BCUT2D eigenvalue weighted by Crippen LogP contribution is -2.09. The van der Waals surface area contributed by atoms with Crippen molar-refractivity contribution >= 4 is 0 Å². The van der Waals surface area contributed by atoms with Gasteiger partial charge in [0.25, 0.3) is 0 Å². The molecule has 0 radical (unpaired) electrons. The average molecular weight is 347 g/mol. The van der Waals surface area contributed by atoms with E-state index in [-0.39, 0.29) is 0 Å². The fourth-order valence-corrected chi connectivity index (χ4v) is 3.05. The van der Waals surface area contributed by atoms with Gasteiger partial charge in [-0.3, -0.25) is 0 Å². The van der Waals surface area contributed by atoms with Crippen LogP contribution < -0.4 is 0 Å². The van der Waals surface area contributed by atoms with E-state index in [2.05, 4.69) is 67.7 Å². The Labute approximate surface area is 159 Å². The first-order valence-corrected chi connectivity index (χ1v) is 10.6. The predicted molar refractivity (Wildman–Crippen MR) is 117 cm³/mol. The van der Waals surface area contributed by atoms with Crippen molar-refractivity contribution in [3.8, 4) is 0 Å². The summed E-state index contributed by atoms with van der Waals surface area (Å²) in [6.45, 7) is 24.9. The maximum Gasteiger partial charge on any atom is -0.0231 e. The zero-order chi connectivity index (χ0) is 19.5. The van der Waals surface area contributed by atoms with Crippen LogP contribution in [0.3, 0.4) is 0 Å². The summed E-state index contributed by atoms with van der Waals surface area (Å²) in [5.74, 6) is 1.28. The van der Waals surface area contributed by atoms with Gasteiger partial charge in [0.15, 0.2) is 0 Å². The van der Waals surface area contributed by atoms with E-state index in [0.29, 0.717) is 17.3 Å². The van der Waals surface area contributed by atoms with Crippen LogP contribution in [-0.4, -0.2) is 0 Å². The van der Waals surface area contributed by atoms with Gasteiger partial charge in [-0.1, -0.05) is 90.3 Å². The van der Waals surface area contributed by atoms with Crippen LogP contribution >= 0.6 is 0 Å². The van der Waals surface area contributed by atoms with E-state index >= 15 is 0 Å². The highest BCUT2D eigenvalue weighted by Gasteiger charge is 2.14. The number of hydrogen-bond donors (Lipinski definition) is 0. The highest BCUT2D eigenvalue weighted by atomic mass is 14.2. The molecule has 0 aliphatic carbocycles. The fraction of sp³-hybridized carbons (Fsp3) is 0.760. The second-order valence-electron chi connectivity index (χ2n) is 9.05. The number of rotatable bonds is 14. The highest BCUT2D eigenvalue weighted by Crippen LogP contribution is 2.29. The van der Waals surface area contributed by atoms with Crippen molar-refractivity contribution in [2.75, 3.05) is 0 Å². The van der Waals surface area contributed by atoms with Gasteiger partial charge in [-0.05, 0) is 69.1 Å². The molecular formula is C25H46. The van der Waals surface area contributed by atoms with Crippen LogP contribution in [0.25, 0.3) is 0 Å². The van der Waals surface area contributed by atoms with Crippen LogP contribution in [0.15, 0.2) is 36.0 Å². The van der Waals surface area contributed by atoms with E-state index in [1.807, 2.05) is 0 Å². The molecule has 0 heteroatoms. The largest absolute Gasteiger partial charge is 0.0996 e. The molecule has 0 aliphatic heterocycles. The van der Waals surface area contributed by atoms with Gasteiger partial charge < -0.3 is 0 Å². The van der Waals surface area contributed by atoms with E-state index in [1.54, 1.807) is 5.57 Å². The third kappa shape index (κ3) is 11.4. The summed E-state index contributed by atoms with van der Waals surface area (Å²) >= 11 is 0. The molecule has 0 N–H and O–H groups in total. The fourth-order valence-electron chi connectivity index (χ4n) is 3.05. The van der Waals surface area contributed by atoms with Gasteiger partial charge >= 0.3 is 0 Å². The third-order valence-corrected chi connectivity index (χ3v) is 6.13. The lowest BCUT2D eigenvalue weighted by Gasteiger charge is -2.22. The molecule has 0 heterocycles. The van der Waals surface area contributed by atoms with E-state index in [9.17, 15) is 0 Å². The highest BCUT2D eigenvalue weighted by molar-refractivity contribution is 5.06. The maximum atomic E-state index is 4.35. The van der Waals surface area contributed by atoms with Gasteiger partial charge in [0, 0.05) is 0 Å². The van der Waals surface area contributed by atoms with Crippen molar-refractivity contribution in [2.24, 2.45) is 17.3 Å². The summed E-state index contributed by atoms with van der Waals surface area (Å²) in [6, 6.07) is 0.